The van der Waals surface area contributed by atoms with Gasteiger partial charge in [-0.2, -0.15) is 0 Å². The SMILES string of the molecule is O=Nc1c(O)n(CCCOc2ccccc2Cl)c2ccc(Br)cc12. The highest BCUT2D eigenvalue weighted by atomic mass is 79.9. The van der Waals surface area contributed by atoms with Gasteiger partial charge in [-0.15, -0.1) is 4.91 Å². The third-order valence-corrected chi connectivity index (χ3v) is 4.49. The number of benzene rings is 2. The van der Waals surface area contributed by atoms with Gasteiger partial charge in [0.2, 0.25) is 5.88 Å². The van der Waals surface area contributed by atoms with Crippen LogP contribution < -0.4 is 4.74 Å². The Balaban J connectivity index is 1.75. The van der Waals surface area contributed by atoms with Crippen molar-refractivity contribution in [3.05, 3.63) is 56.9 Å². The van der Waals surface area contributed by atoms with Crippen molar-refractivity contribution in [2.75, 3.05) is 6.61 Å². The Morgan fingerprint density at radius 3 is 2.79 bits per heavy atom. The molecule has 1 N–H and O–H groups in total. The van der Waals surface area contributed by atoms with Crippen molar-refractivity contribution in [1.29, 1.82) is 0 Å². The van der Waals surface area contributed by atoms with Crippen LogP contribution in [0, 0.1) is 4.91 Å². The Hall–Kier alpha value is -2.05. The zero-order valence-electron chi connectivity index (χ0n) is 12.6. The van der Waals surface area contributed by atoms with E-state index in [0.29, 0.717) is 35.7 Å². The number of aryl methyl sites for hydroxylation is 1. The van der Waals surface area contributed by atoms with Crippen LogP contribution in [0.15, 0.2) is 52.1 Å². The van der Waals surface area contributed by atoms with Crippen molar-refractivity contribution in [3.8, 4) is 11.6 Å². The van der Waals surface area contributed by atoms with Crippen LogP contribution in [0.25, 0.3) is 10.9 Å². The maximum Gasteiger partial charge on any atom is 0.222 e. The maximum absolute atomic E-state index is 11.0. The van der Waals surface area contributed by atoms with Crippen LogP contribution >= 0.6 is 27.5 Å². The van der Waals surface area contributed by atoms with E-state index in [-0.39, 0.29) is 11.6 Å². The monoisotopic (exact) mass is 408 g/mol. The molecular formula is C17H14BrClN2O3. The van der Waals surface area contributed by atoms with Crippen LogP contribution in [0.5, 0.6) is 11.6 Å². The fourth-order valence-corrected chi connectivity index (χ4v) is 3.13. The molecule has 0 aliphatic heterocycles. The number of hydrogen-bond acceptors (Lipinski definition) is 4. The van der Waals surface area contributed by atoms with Crippen molar-refractivity contribution < 1.29 is 9.84 Å². The molecule has 5 nitrogen and oxygen atoms in total. The van der Waals surface area contributed by atoms with E-state index in [9.17, 15) is 10.0 Å². The second kappa shape index (κ2) is 7.23. The molecule has 0 saturated heterocycles. The maximum atomic E-state index is 11.0. The molecule has 0 aliphatic carbocycles. The summed E-state index contributed by atoms with van der Waals surface area (Å²) in [5, 5.41) is 14.4. The quantitative estimate of drug-likeness (QED) is 0.424. The summed E-state index contributed by atoms with van der Waals surface area (Å²) >= 11 is 9.40. The molecule has 0 radical (unpaired) electrons. The van der Waals surface area contributed by atoms with E-state index in [2.05, 4.69) is 21.1 Å². The van der Waals surface area contributed by atoms with Gasteiger partial charge < -0.3 is 14.4 Å². The van der Waals surface area contributed by atoms with Gasteiger partial charge in [0.1, 0.15) is 5.75 Å². The molecule has 124 valence electrons. The molecule has 0 spiro atoms. The number of nitrogens with zero attached hydrogens (tertiary/aromatic N) is 2. The zero-order valence-corrected chi connectivity index (χ0v) is 14.9. The predicted octanol–water partition coefficient (Wildman–Crippen LogP) is 5.63. The summed E-state index contributed by atoms with van der Waals surface area (Å²) in [6.45, 7) is 0.924. The molecule has 0 saturated carbocycles. The first-order valence-corrected chi connectivity index (χ1v) is 8.50. The van der Waals surface area contributed by atoms with E-state index >= 15 is 0 Å². The summed E-state index contributed by atoms with van der Waals surface area (Å²) < 4.78 is 8.12. The van der Waals surface area contributed by atoms with Gasteiger partial charge in [-0.05, 0) is 41.9 Å². The average molecular weight is 410 g/mol. The minimum atomic E-state index is -0.129. The molecule has 7 heteroatoms. The van der Waals surface area contributed by atoms with Crippen molar-refractivity contribution in [2.45, 2.75) is 13.0 Å². The topological polar surface area (TPSA) is 63.8 Å². The Labute approximate surface area is 151 Å². The lowest BCUT2D eigenvalue weighted by atomic mass is 10.2. The van der Waals surface area contributed by atoms with Crippen LogP contribution in [-0.2, 0) is 6.54 Å². The van der Waals surface area contributed by atoms with Crippen LogP contribution in [0.2, 0.25) is 5.02 Å². The van der Waals surface area contributed by atoms with Gasteiger partial charge in [-0.1, -0.05) is 39.7 Å². The molecule has 0 fully saturated rings. The number of rotatable bonds is 6. The normalized spacial score (nSPS) is 10.9. The van der Waals surface area contributed by atoms with Crippen molar-refractivity contribution >= 4 is 44.1 Å². The predicted molar refractivity (Wildman–Crippen MR) is 98.3 cm³/mol. The standard InChI is InChI=1S/C17H14BrClN2O3/c18-11-6-7-14-12(10-11)16(20-23)17(22)21(14)8-3-9-24-15-5-2-1-4-13(15)19/h1-2,4-7,10,22H,3,8-9H2. The number of para-hydroxylation sites is 1. The van der Waals surface area contributed by atoms with Crippen LogP contribution in [-0.4, -0.2) is 16.3 Å². The highest BCUT2D eigenvalue weighted by molar-refractivity contribution is 9.10. The smallest absolute Gasteiger partial charge is 0.222 e. The van der Waals surface area contributed by atoms with Gasteiger partial charge in [0.15, 0.2) is 5.69 Å². The fraction of sp³-hybridized carbons (Fsp3) is 0.176. The molecule has 1 heterocycles. The molecule has 24 heavy (non-hydrogen) atoms. The Morgan fingerprint density at radius 1 is 1.25 bits per heavy atom. The first kappa shape index (κ1) is 16.8. The molecule has 1 aromatic heterocycles. The van der Waals surface area contributed by atoms with Crippen molar-refractivity contribution in [3.63, 3.8) is 0 Å². The van der Waals surface area contributed by atoms with Crippen molar-refractivity contribution in [1.82, 2.24) is 4.57 Å². The van der Waals surface area contributed by atoms with Crippen LogP contribution in [0.1, 0.15) is 6.42 Å². The van der Waals surface area contributed by atoms with E-state index in [0.717, 1.165) is 9.99 Å². The number of nitroso groups, excluding NO2 is 1. The number of halogens is 2. The van der Waals surface area contributed by atoms with E-state index in [4.69, 9.17) is 16.3 Å². The Morgan fingerprint density at radius 2 is 2.04 bits per heavy atom. The summed E-state index contributed by atoms with van der Waals surface area (Å²) in [7, 11) is 0. The lowest BCUT2D eigenvalue weighted by Crippen LogP contribution is -2.04. The molecule has 0 unspecified atom stereocenters. The van der Waals surface area contributed by atoms with E-state index in [1.165, 1.54) is 0 Å². The summed E-state index contributed by atoms with van der Waals surface area (Å²) in [4.78, 5) is 11.0. The Bertz CT molecular complexity index is 895. The highest BCUT2D eigenvalue weighted by Gasteiger charge is 2.17. The summed E-state index contributed by atoms with van der Waals surface area (Å²) in [6.07, 6.45) is 0.636. The van der Waals surface area contributed by atoms with Gasteiger partial charge in [-0.25, -0.2) is 0 Å². The summed E-state index contributed by atoms with van der Waals surface area (Å²) in [6, 6.07) is 12.7. The van der Waals surface area contributed by atoms with Gasteiger partial charge in [-0.3, -0.25) is 0 Å². The zero-order chi connectivity index (χ0) is 17.1. The molecule has 2 aromatic carbocycles. The molecular weight excluding hydrogens is 396 g/mol. The molecule has 0 atom stereocenters. The number of fused-ring (bicyclic) bond motifs is 1. The van der Waals surface area contributed by atoms with E-state index in [1.807, 2.05) is 24.3 Å². The van der Waals surface area contributed by atoms with Gasteiger partial charge in [0.05, 0.1) is 17.1 Å². The molecule has 0 amide bonds. The van der Waals surface area contributed by atoms with Crippen LogP contribution in [0.4, 0.5) is 5.69 Å². The van der Waals surface area contributed by atoms with E-state index < -0.39 is 0 Å². The number of ether oxygens (including phenoxy) is 1. The number of hydrogen-bond donors (Lipinski definition) is 1. The van der Waals surface area contributed by atoms with Crippen molar-refractivity contribution in [2.24, 2.45) is 5.18 Å². The fourth-order valence-electron chi connectivity index (χ4n) is 2.58. The lowest BCUT2D eigenvalue weighted by molar-refractivity contribution is 0.298. The summed E-state index contributed by atoms with van der Waals surface area (Å²) in [5.74, 6) is 0.496. The Kier molecular flexibility index (Phi) is 5.06. The van der Waals surface area contributed by atoms with Gasteiger partial charge in [0, 0.05) is 16.4 Å². The minimum absolute atomic E-state index is 0.0540. The second-order valence-electron chi connectivity index (χ2n) is 5.21. The minimum Gasteiger partial charge on any atom is -0.493 e. The number of aromatic hydroxyl groups is 1. The highest BCUT2D eigenvalue weighted by Crippen LogP contribution is 2.39. The second-order valence-corrected chi connectivity index (χ2v) is 6.53. The van der Waals surface area contributed by atoms with Gasteiger partial charge >= 0.3 is 0 Å². The third-order valence-electron chi connectivity index (χ3n) is 3.68. The van der Waals surface area contributed by atoms with Gasteiger partial charge in [0.25, 0.3) is 0 Å². The summed E-state index contributed by atoms with van der Waals surface area (Å²) in [5.41, 5.74) is 0.807. The van der Waals surface area contributed by atoms with E-state index in [1.54, 1.807) is 22.8 Å². The number of aromatic nitrogens is 1. The molecule has 3 rings (SSSR count). The molecule has 0 aliphatic rings. The molecule has 3 aromatic rings. The average Bonchev–Trinajstić information content (AvgIpc) is 2.83. The first-order valence-electron chi connectivity index (χ1n) is 7.33. The molecule has 0 bridgehead atoms. The third kappa shape index (κ3) is 3.25. The lowest BCUT2D eigenvalue weighted by Gasteiger charge is -2.09. The largest absolute Gasteiger partial charge is 0.493 e. The first-order chi connectivity index (χ1) is 11.6. The van der Waals surface area contributed by atoms with Crippen LogP contribution in [0.3, 0.4) is 0 Å².